The van der Waals surface area contributed by atoms with E-state index >= 15 is 0 Å². The summed E-state index contributed by atoms with van der Waals surface area (Å²) in [6.45, 7) is 3.17. The number of hydrogen-bond acceptors (Lipinski definition) is 3. The van der Waals surface area contributed by atoms with Crippen LogP contribution >= 0.6 is 0 Å². The van der Waals surface area contributed by atoms with Gasteiger partial charge in [-0.1, -0.05) is 6.07 Å². The average molecular weight is 273 g/mol. The molecule has 5 nitrogen and oxygen atoms in total. The quantitative estimate of drug-likeness (QED) is 0.928. The third kappa shape index (κ3) is 2.67. The molecule has 1 saturated heterocycles. The van der Waals surface area contributed by atoms with Crippen LogP contribution in [0, 0.1) is 6.92 Å². The lowest BCUT2D eigenvalue weighted by atomic mass is 10.1. The van der Waals surface area contributed by atoms with Crippen molar-refractivity contribution >= 4 is 11.6 Å². The molecule has 0 spiro atoms. The molecule has 3 rings (SSSR count). The van der Waals surface area contributed by atoms with E-state index in [4.69, 9.17) is 4.74 Å². The highest BCUT2D eigenvalue weighted by atomic mass is 16.5. The minimum absolute atomic E-state index is 0.0292. The molecule has 2 aromatic heterocycles. The van der Waals surface area contributed by atoms with Crippen LogP contribution in [-0.4, -0.2) is 28.0 Å². The molecule has 1 aliphatic rings. The van der Waals surface area contributed by atoms with Crippen LogP contribution in [0.15, 0.2) is 24.4 Å². The van der Waals surface area contributed by atoms with E-state index in [1.807, 2.05) is 35.7 Å². The molecule has 1 aliphatic heterocycles. The van der Waals surface area contributed by atoms with E-state index in [9.17, 15) is 4.79 Å². The van der Waals surface area contributed by atoms with Crippen molar-refractivity contribution in [3.63, 3.8) is 0 Å². The molecule has 20 heavy (non-hydrogen) atoms. The first-order chi connectivity index (χ1) is 9.74. The molecule has 106 valence electrons. The Balaban J connectivity index is 1.64. The van der Waals surface area contributed by atoms with Gasteiger partial charge in [-0.3, -0.25) is 4.79 Å². The van der Waals surface area contributed by atoms with Crippen LogP contribution in [-0.2, 0) is 16.1 Å². The molecular weight excluding hydrogens is 254 g/mol. The van der Waals surface area contributed by atoms with Gasteiger partial charge in [0.1, 0.15) is 11.8 Å². The van der Waals surface area contributed by atoms with Crippen LogP contribution in [0.4, 0.5) is 0 Å². The molecule has 5 heteroatoms. The molecule has 1 atom stereocenters. The number of nitrogens with one attached hydrogen (secondary N) is 1. The highest BCUT2D eigenvalue weighted by molar-refractivity contribution is 5.80. The number of fused-ring (bicyclic) bond motifs is 1. The van der Waals surface area contributed by atoms with Crippen LogP contribution in [0.1, 0.15) is 30.7 Å². The Hall–Kier alpha value is -1.88. The van der Waals surface area contributed by atoms with Crippen LogP contribution < -0.4 is 5.32 Å². The number of carbonyl (C=O) groups excluding carboxylic acids is 1. The number of aryl methyl sites for hydroxylation is 1. The first-order valence-electron chi connectivity index (χ1n) is 7.07. The van der Waals surface area contributed by atoms with Crippen LogP contribution in [0.5, 0.6) is 0 Å². The topological polar surface area (TPSA) is 55.6 Å². The summed E-state index contributed by atoms with van der Waals surface area (Å²) < 4.78 is 7.49. The van der Waals surface area contributed by atoms with E-state index in [1.54, 1.807) is 0 Å². The molecular formula is C15H19N3O2. The van der Waals surface area contributed by atoms with E-state index in [1.165, 1.54) is 0 Å². The van der Waals surface area contributed by atoms with Gasteiger partial charge < -0.3 is 14.5 Å². The zero-order chi connectivity index (χ0) is 13.9. The molecule has 1 amide bonds. The van der Waals surface area contributed by atoms with E-state index in [0.717, 1.165) is 36.3 Å². The van der Waals surface area contributed by atoms with E-state index in [2.05, 4.69) is 10.3 Å². The number of amides is 1. The van der Waals surface area contributed by atoms with Gasteiger partial charge in [-0.05, 0) is 38.3 Å². The van der Waals surface area contributed by atoms with Crippen LogP contribution in [0.25, 0.3) is 5.65 Å². The Labute approximate surface area is 118 Å². The summed E-state index contributed by atoms with van der Waals surface area (Å²) in [5, 5.41) is 2.91. The standard InChI is InChI=1S/C15H19N3O2/c1-11-5-4-7-14-17-12(10-18(11)14)9-16-15(19)13-6-2-3-8-20-13/h4-5,7,10,13H,2-3,6,8-9H2,1H3,(H,16,19). The molecule has 0 saturated carbocycles. The molecule has 0 aromatic carbocycles. The molecule has 3 heterocycles. The SMILES string of the molecule is Cc1cccc2nc(CNC(=O)C3CCCCO3)cn12. The second-order valence-corrected chi connectivity index (χ2v) is 5.20. The summed E-state index contributed by atoms with van der Waals surface area (Å²) in [4.78, 5) is 16.5. The normalized spacial score (nSPS) is 19.1. The Bertz CT molecular complexity index is 615. The number of carbonyl (C=O) groups is 1. The Kier molecular flexibility index (Phi) is 3.69. The molecule has 1 fully saturated rings. The Morgan fingerprint density at radius 1 is 1.50 bits per heavy atom. The number of rotatable bonds is 3. The smallest absolute Gasteiger partial charge is 0.249 e. The van der Waals surface area contributed by atoms with Gasteiger partial charge >= 0.3 is 0 Å². The van der Waals surface area contributed by atoms with Crippen LogP contribution in [0.3, 0.4) is 0 Å². The van der Waals surface area contributed by atoms with Crippen molar-refractivity contribution in [2.24, 2.45) is 0 Å². The zero-order valence-electron chi connectivity index (χ0n) is 11.6. The highest BCUT2D eigenvalue weighted by Crippen LogP contribution is 2.13. The largest absolute Gasteiger partial charge is 0.368 e. The molecule has 1 unspecified atom stereocenters. The fraction of sp³-hybridized carbons (Fsp3) is 0.467. The number of aromatic nitrogens is 2. The molecule has 2 aromatic rings. The molecule has 0 bridgehead atoms. The third-order valence-corrected chi connectivity index (χ3v) is 3.66. The first-order valence-corrected chi connectivity index (χ1v) is 7.07. The Morgan fingerprint density at radius 2 is 2.40 bits per heavy atom. The summed E-state index contributed by atoms with van der Waals surface area (Å²) in [5.74, 6) is -0.0292. The second kappa shape index (κ2) is 5.63. The zero-order valence-corrected chi connectivity index (χ0v) is 11.6. The van der Waals surface area contributed by atoms with Gasteiger partial charge in [-0.25, -0.2) is 4.98 Å². The maximum atomic E-state index is 12.0. The van der Waals surface area contributed by atoms with Crippen molar-refractivity contribution < 1.29 is 9.53 Å². The van der Waals surface area contributed by atoms with E-state index < -0.39 is 0 Å². The number of pyridine rings is 1. The van der Waals surface area contributed by atoms with Crippen molar-refractivity contribution in [1.29, 1.82) is 0 Å². The van der Waals surface area contributed by atoms with Crippen molar-refractivity contribution in [2.45, 2.75) is 38.8 Å². The lowest BCUT2D eigenvalue weighted by Gasteiger charge is -2.21. The number of imidazole rings is 1. The summed E-state index contributed by atoms with van der Waals surface area (Å²) in [5.41, 5.74) is 2.90. The van der Waals surface area contributed by atoms with Gasteiger partial charge in [0, 0.05) is 18.5 Å². The van der Waals surface area contributed by atoms with Crippen molar-refractivity contribution in [3.8, 4) is 0 Å². The molecule has 1 N–H and O–H groups in total. The first kappa shape index (κ1) is 13.1. The van der Waals surface area contributed by atoms with Gasteiger partial charge in [-0.15, -0.1) is 0 Å². The second-order valence-electron chi connectivity index (χ2n) is 5.20. The summed E-state index contributed by atoms with van der Waals surface area (Å²) >= 11 is 0. The van der Waals surface area contributed by atoms with Gasteiger partial charge in [0.05, 0.1) is 12.2 Å². The van der Waals surface area contributed by atoms with Crippen molar-refractivity contribution in [1.82, 2.24) is 14.7 Å². The Morgan fingerprint density at radius 3 is 3.15 bits per heavy atom. The maximum absolute atomic E-state index is 12.0. The minimum Gasteiger partial charge on any atom is -0.368 e. The number of hydrogen-bond donors (Lipinski definition) is 1. The van der Waals surface area contributed by atoms with E-state index in [0.29, 0.717) is 13.2 Å². The third-order valence-electron chi connectivity index (χ3n) is 3.66. The average Bonchev–Trinajstić information content (AvgIpc) is 2.90. The fourth-order valence-corrected chi connectivity index (χ4v) is 2.52. The van der Waals surface area contributed by atoms with Crippen molar-refractivity contribution in [3.05, 3.63) is 35.8 Å². The van der Waals surface area contributed by atoms with Gasteiger partial charge in [-0.2, -0.15) is 0 Å². The predicted molar refractivity (Wildman–Crippen MR) is 75.4 cm³/mol. The minimum atomic E-state index is -0.289. The summed E-state index contributed by atoms with van der Waals surface area (Å²) in [7, 11) is 0. The summed E-state index contributed by atoms with van der Waals surface area (Å²) in [6, 6.07) is 5.98. The predicted octanol–water partition coefficient (Wildman–Crippen LogP) is 1.83. The van der Waals surface area contributed by atoms with Gasteiger partial charge in [0.2, 0.25) is 5.91 Å². The van der Waals surface area contributed by atoms with Gasteiger partial charge in [0.15, 0.2) is 0 Å². The highest BCUT2D eigenvalue weighted by Gasteiger charge is 2.21. The lowest BCUT2D eigenvalue weighted by Crippen LogP contribution is -2.38. The van der Waals surface area contributed by atoms with Crippen LogP contribution in [0.2, 0.25) is 0 Å². The van der Waals surface area contributed by atoms with Gasteiger partial charge in [0.25, 0.3) is 0 Å². The van der Waals surface area contributed by atoms with E-state index in [-0.39, 0.29) is 12.0 Å². The maximum Gasteiger partial charge on any atom is 0.249 e. The molecule has 0 aliphatic carbocycles. The monoisotopic (exact) mass is 273 g/mol. The number of nitrogens with zero attached hydrogens (tertiary/aromatic N) is 2. The van der Waals surface area contributed by atoms with Crippen molar-refractivity contribution in [2.75, 3.05) is 6.61 Å². The molecule has 0 radical (unpaired) electrons. The summed E-state index contributed by atoms with van der Waals surface area (Å²) in [6.07, 6.45) is 4.60. The number of ether oxygens (including phenoxy) is 1. The lowest BCUT2D eigenvalue weighted by molar-refractivity contribution is -0.135. The fourth-order valence-electron chi connectivity index (χ4n) is 2.52.